The minimum Gasteiger partial charge on any atom is -0.406 e. The Balaban J connectivity index is 1.43. The molecule has 48 heavy (non-hydrogen) atoms. The summed E-state index contributed by atoms with van der Waals surface area (Å²) in [6, 6.07) is 10.8. The van der Waals surface area contributed by atoms with Gasteiger partial charge in [0.25, 0.3) is 17.6 Å². The maximum Gasteiger partial charge on any atom is 0.573 e. The fourth-order valence-corrected chi connectivity index (χ4v) is 4.53. The van der Waals surface area contributed by atoms with E-state index in [-0.39, 0.29) is 51.2 Å². The van der Waals surface area contributed by atoms with Crippen molar-refractivity contribution in [3.05, 3.63) is 106 Å². The van der Waals surface area contributed by atoms with Crippen molar-refractivity contribution in [3.63, 3.8) is 0 Å². The second-order valence-electron chi connectivity index (χ2n) is 9.86. The summed E-state index contributed by atoms with van der Waals surface area (Å²) in [5.74, 6) is -4.69. The molecular weight excluding hydrogens is 679 g/mol. The first-order valence-corrected chi connectivity index (χ1v) is 13.7. The molecule has 2 aromatic carbocycles. The van der Waals surface area contributed by atoms with Gasteiger partial charge in [0.05, 0.1) is 22.0 Å². The van der Waals surface area contributed by atoms with Crippen LogP contribution in [0.4, 0.5) is 36.4 Å². The van der Waals surface area contributed by atoms with Gasteiger partial charge in [-0.05, 0) is 65.7 Å². The Labute approximate surface area is 269 Å². The van der Waals surface area contributed by atoms with Crippen molar-refractivity contribution >= 4 is 29.1 Å². The Morgan fingerprint density at radius 1 is 0.979 bits per heavy atom. The minimum atomic E-state index is -4.93. The molecule has 0 radical (unpaired) electrons. The highest BCUT2D eigenvalue weighted by Crippen LogP contribution is 2.28. The van der Waals surface area contributed by atoms with Gasteiger partial charge >= 0.3 is 12.5 Å². The topological polar surface area (TPSA) is 142 Å². The number of rotatable bonds is 9. The monoisotopic (exact) mass is 697 g/mol. The number of carbonyl (C=O) groups excluding carboxylic acids is 2. The number of tetrazole rings is 1. The highest BCUT2D eigenvalue weighted by Gasteiger charge is 2.37. The number of carbonyl (C=O) groups is 2. The molecule has 0 aliphatic carbocycles. The number of hydrogen-bond acceptors (Lipinski definition) is 8. The first-order chi connectivity index (χ1) is 22.6. The van der Waals surface area contributed by atoms with Gasteiger partial charge in [-0.3, -0.25) is 9.59 Å². The molecule has 0 bridgehead atoms. The van der Waals surface area contributed by atoms with E-state index in [9.17, 15) is 40.3 Å². The molecule has 3 heterocycles. The summed E-state index contributed by atoms with van der Waals surface area (Å²) in [4.78, 5) is 31.6. The van der Waals surface area contributed by atoms with E-state index in [2.05, 4.69) is 40.9 Å². The van der Waals surface area contributed by atoms with Crippen molar-refractivity contribution in [2.24, 2.45) is 0 Å². The molecule has 3 aromatic heterocycles. The molecule has 12 nitrogen and oxygen atoms in total. The van der Waals surface area contributed by atoms with E-state index in [4.69, 9.17) is 11.6 Å². The van der Waals surface area contributed by atoms with E-state index in [1.165, 1.54) is 43.5 Å². The van der Waals surface area contributed by atoms with Crippen LogP contribution in [0.3, 0.4) is 0 Å². The Morgan fingerprint density at radius 2 is 1.75 bits per heavy atom. The molecule has 0 aliphatic rings. The van der Waals surface area contributed by atoms with Crippen LogP contribution >= 0.6 is 11.6 Å². The summed E-state index contributed by atoms with van der Waals surface area (Å²) >= 11 is 6.28. The van der Waals surface area contributed by atoms with Crippen LogP contribution in [0.1, 0.15) is 43.5 Å². The number of halogens is 8. The molecule has 0 saturated carbocycles. The van der Waals surface area contributed by atoms with E-state index in [1.807, 2.05) is 0 Å². The molecule has 5 rings (SSSR count). The molecule has 0 aliphatic heterocycles. The zero-order valence-electron chi connectivity index (χ0n) is 24.1. The van der Waals surface area contributed by atoms with Gasteiger partial charge in [-0.25, -0.2) is 14.1 Å². The summed E-state index contributed by atoms with van der Waals surface area (Å²) in [5, 5.41) is 18.9. The van der Waals surface area contributed by atoms with E-state index in [0.717, 1.165) is 28.9 Å². The lowest BCUT2D eigenvalue weighted by molar-refractivity contribution is -0.274. The Morgan fingerprint density at radius 3 is 2.44 bits per heavy atom. The average molecular weight is 698 g/mol. The molecule has 2 amide bonds. The molecule has 0 fully saturated rings. The van der Waals surface area contributed by atoms with Crippen LogP contribution in [-0.2, 0) is 19.3 Å². The van der Waals surface area contributed by atoms with Crippen LogP contribution in [0.2, 0.25) is 5.02 Å². The maximum absolute atomic E-state index is 14.5. The first kappa shape index (κ1) is 33.8. The van der Waals surface area contributed by atoms with Crippen molar-refractivity contribution in [1.82, 2.24) is 40.3 Å². The van der Waals surface area contributed by atoms with Gasteiger partial charge in [-0.15, -0.1) is 23.4 Å². The smallest absolute Gasteiger partial charge is 0.406 e. The number of nitrogens with one attached hydrogen (secondary N) is 2. The van der Waals surface area contributed by atoms with Gasteiger partial charge in [-0.1, -0.05) is 23.7 Å². The minimum absolute atomic E-state index is 0.0153. The molecule has 0 spiro atoms. The summed E-state index contributed by atoms with van der Waals surface area (Å²) in [6.07, 6.45) is -8.45. The van der Waals surface area contributed by atoms with Crippen molar-refractivity contribution in [3.8, 4) is 11.6 Å². The first-order valence-electron chi connectivity index (χ1n) is 13.4. The molecule has 5 aromatic rings. The van der Waals surface area contributed by atoms with Gasteiger partial charge in [0, 0.05) is 12.7 Å². The number of benzene rings is 2. The lowest BCUT2D eigenvalue weighted by Gasteiger charge is -2.15. The lowest BCUT2D eigenvalue weighted by atomic mass is 10.1. The summed E-state index contributed by atoms with van der Waals surface area (Å²) in [5.41, 5.74) is -0.407. The SMILES string of the molecule is Cc1cc(F)cc(C(=O)NCc2cccc(OC(F)(F)F)c2)c1NC(=O)c1cc(Cn2nnc(C(F)(F)F)n2)nn1-c1ncccc1Cl. The number of anilines is 1. The Hall–Kier alpha value is -5.59. The van der Waals surface area contributed by atoms with E-state index in [1.54, 1.807) is 0 Å². The standard InChI is InChI=1S/C28H19ClF7N9O3/c1-14-8-16(30)10-19(24(46)38-12-15-4-2-5-18(9-15)48-28(34,35)36)22(14)39-25(47)21-11-17(13-44-42-26(40-43-44)27(31,32)33)41-45(21)23-20(29)6-3-7-37-23/h2-11H,12-13H2,1H3,(H,38,46)(H,39,47). The fraction of sp³-hybridized carbons (Fsp3) is 0.179. The predicted octanol–water partition coefficient (Wildman–Crippen LogP) is 5.50. The van der Waals surface area contributed by atoms with E-state index >= 15 is 0 Å². The van der Waals surface area contributed by atoms with Gasteiger partial charge < -0.3 is 15.4 Å². The Kier molecular flexibility index (Phi) is 9.33. The second-order valence-corrected chi connectivity index (χ2v) is 10.3. The van der Waals surface area contributed by atoms with Crippen LogP contribution < -0.4 is 15.4 Å². The zero-order chi connectivity index (χ0) is 34.8. The number of nitrogens with zero attached hydrogens (tertiary/aromatic N) is 7. The molecular formula is C28H19ClF7N9O3. The van der Waals surface area contributed by atoms with Crippen LogP contribution in [-0.4, -0.2) is 53.1 Å². The number of hydrogen-bond donors (Lipinski definition) is 2. The summed E-state index contributed by atoms with van der Waals surface area (Å²) in [6.45, 7) is 0.650. The zero-order valence-corrected chi connectivity index (χ0v) is 24.8. The van der Waals surface area contributed by atoms with E-state index < -0.39 is 48.3 Å². The largest absolute Gasteiger partial charge is 0.573 e. The maximum atomic E-state index is 14.5. The summed E-state index contributed by atoms with van der Waals surface area (Å²) in [7, 11) is 0. The van der Waals surface area contributed by atoms with Crippen molar-refractivity contribution in [2.45, 2.75) is 32.6 Å². The summed E-state index contributed by atoms with van der Waals surface area (Å²) < 4.78 is 96.1. The number of aromatic nitrogens is 7. The number of aryl methyl sites for hydroxylation is 1. The van der Waals surface area contributed by atoms with Crippen LogP contribution in [0.15, 0.2) is 60.8 Å². The van der Waals surface area contributed by atoms with Gasteiger partial charge in [0.15, 0.2) is 5.82 Å². The lowest BCUT2D eigenvalue weighted by Crippen LogP contribution is -2.26. The van der Waals surface area contributed by atoms with Gasteiger partial charge in [0.2, 0.25) is 0 Å². The Bertz CT molecular complexity index is 1990. The van der Waals surface area contributed by atoms with Crippen molar-refractivity contribution < 1.29 is 45.1 Å². The molecule has 250 valence electrons. The number of ether oxygens (including phenoxy) is 1. The van der Waals surface area contributed by atoms with Crippen molar-refractivity contribution in [1.29, 1.82) is 0 Å². The molecule has 0 saturated heterocycles. The predicted molar refractivity (Wildman–Crippen MR) is 152 cm³/mol. The highest BCUT2D eigenvalue weighted by molar-refractivity contribution is 6.32. The third kappa shape index (κ3) is 8.03. The highest BCUT2D eigenvalue weighted by atomic mass is 35.5. The quantitative estimate of drug-likeness (QED) is 0.192. The third-order valence-corrected chi connectivity index (χ3v) is 6.61. The van der Waals surface area contributed by atoms with Crippen LogP contribution in [0.5, 0.6) is 5.75 Å². The van der Waals surface area contributed by atoms with Gasteiger partial charge in [0.1, 0.15) is 23.8 Å². The molecule has 0 unspecified atom stereocenters. The third-order valence-electron chi connectivity index (χ3n) is 6.31. The van der Waals surface area contributed by atoms with E-state index in [0.29, 0.717) is 4.80 Å². The molecule has 20 heteroatoms. The number of alkyl halides is 6. The number of amides is 2. The molecule has 2 N–H and O–H groups in total. The fourth-order valence-electron chi connectivity index (χ4n) is 4.33. The average Bonchev–Trinajstić information content (AvgIpc) is 3.64. The van der Waals surface area contributed by atoms with Crippen molar-refractivity contribution in [2.75, 3.05) is 5.32 Å². The normalized spacial score (nSPS) is 11.8. The molecule has 0 atom stereocenters. The van der Waals surface area contributed by atoms with Crippen LogP contribution in [0.25, 0.3) is 5.82 Å². The van der Waals surface area contributed by atoms with Gasteiger partial charge in [-0.2, -0.15) is 23.1 Å². The van der Waals surface area contributed by atoms with Crippen LogP contribution in [0, 0.1) is 12.7 Å². The number of pyridine rings is 1. The second kappa shape index (κ2) is 13.3.